The molecule has 0 aliphatic heterocycles. The van der Waals surface area contributed by atoms with Gasteiger partial charge in [0, 0.05) is 32.5 Å². The zero-order valence-corrected chi connectivity index (χ0v) is 29.3. The van der Waals surface area contributed by atoms with E-state index in [1.54, 1.807) is 11.6 Å². The van der Waals surface area contributed by atoms with E-state index < -0.39 is 14.0 Å². The Balaban J connectivity index is 1.42. The van der Waals surface area contributed by atoms with Crippen LogP contribution in [-0.4, -0.2) is 59.3 Å². The van der Waals surface area contributed by atoms with E-state index in [9.17, 15) is 4.79 Å². The van der Waals surface area contributed by atoms with Crippen molar-refractivity contribution in [2.45, 2.75) is 72.1 Å². The topological polar surface area (TPSA) is 135 Å². The van der Waals surface area contributed by atoms with E-state index in [0.29, 0.717) is 30.8 Å². The smallest absolute Gasteiger partial charge is 0.279 e. The molecule has 0 bridgehead atoms. The minimum Gasteiger partial charge on any atom is -0.479 e. The number of hydrogen-bond acceptors (Lipinski definition) is 11. The molecular formula is C31H43N7O5SSi. The average Bonchev–Trinajstić information content (AvgIpc) is 3.64. The predicted octanol–water partition coefficient (Wildman–Crippen LogP) is 6.72. The van der Waals surface area contributed by atoms with Crippen LogP contribution in [0.15, 0.2) is 36.0 Å². The van der Waals surface area contributed by atoms with Gasteiger partial charge in [-0.05, 0) is 35.6 Å². The van der Waals surface area contributed by atoms with Crippen molar-refractivity contribution < 1.29 is 23.7 Å². The SMILES string of the molecule is COc1nc(NCc2nccn2COCC[Si](C)(C)C)nc(OC)c1NC(=O)c1csc(Oc2cc(C(C)(C)C)ccc2C)n1. The van der Waals surface area contributed by atoms with Crippen LogP contribution in [0.2, 0.25) is 25.7 Å². The number of nitrogens with zero attached hydrogens (tertiary/aromatic N) is 5. The monoisotopic (exact) mass is 653 g/mol. The van der Waals surface area contributed by atoms with Crippen molar-refractivity contribution in [2.24, 2.45) is 0 Å². The number of carbonyl (C=O) groups is 1. The fourth-order valence-electron chi connectivity index (χ4n) is 4.08. The fourth-order valence-corrected chi connectivity index (χ4v) is 5.50. The first-order valence-electron chi connectivity index (χ1n) is 14.6. The number of carbonyl (C=O) groups excluding carboxylic acids is 1. The van der Waals surface area contributed by atoms with Gasteiger partial charge in [-0.25, -0.2) is 4.98 Å². The summed E-state index contributed by atoms with van der Waals surface area (Å²) in [6.07, 6.45) is 3.59. The van der Waals surface area contributed by atoms with Crippen molar-refractivity contribution in [2.75, 3.05) is 31.5 Å². The number of hydrogen-bond donors (Lipinski definition) is 2. The van der Waals surface area contributed by atoms with Crippen LogP contribution >= 0.6 is 11.3 Å². The van der Waals surface area contributed by atoms with Gasteiger partial charge < -0.3 is 34.1 Å². The lowest BCUT2D eigenvalue weighted by molar-refractivity contribution is 0.0853. The number of rotatable bonds is 14. The number of anilines is 2. The zero-order valence-electron chi connectivity index (χ0n) is 27.5. The maximum Gasteiger partial charge on any atom is 0.279 e. The summed E-state index contributed by atoms with van der Waals surface area (Å²) in [6.45, 7) is 16.8. The number of aryl methyl sites for hydroxylation is 1. The summed E-state index contributed by atoms with van der Waals surface area (Å²) < 4.78 is 24.8. The molecule has 45 heavy (non-hydrogen) atoms. The number of imidazole rings is 1. The third kappa shape index (κ3) is 9.25. The highest BCUT2D eigenvalue weighted by Crippen LogP contribution is 2.35. The maximum atomic E-state index is 13.2. The molecule has 0 saturated carbocycles. The largest absolute Gasteiger partial charge is 0.479 e. The van der Waals surface area contributed by atoms with Gasteiger partial charge in [0.05, 0.1) is 20.8 Å². The van der Waals surface area contributed by atoms with Gasteiger partial charge in [-0.15, -0.1) is 0 Å². The maximum absolute atomic E-state index is 13.2. The van der Waals surface area contributed by atoms with E-state index in [0.717, 1.165) is 23.0 Å². The first-order chi connectivity index (χ1) is 21.3. The van der Waals surface area contributed by atoms with Crippen LogP contribution < -0.4 is 24.8 Å². The molecule has 4 rings (SSSR count). The molecule has 0 atom stereocenters. The van der Waals surface area contributed by atoms with Crippen molar-refractivity contribution in [3.63, 3.8) is 0 Å². The van der Waals surface area contributed by atoms with Crippen LogP contribution in [0.4, 0.5) is 11.6 Å². The molecular weight excluding hydrogens is 611 g/mol. The average molecular weight is 654 g/mol. The van der Waals surface area contributed by atoms with Gasteiger partial charge in [-0.3, -0.25) is 4.79 Å². The Bertz CT molecular complexity index is 1590. The van der Waals surface area contributed by atoms with E-state index in [1.165, 1.54) is 25.6 Å². The third-order valence-electron chi connectivity index (χ3n) is 6.87. The Morgan fingerprint density at radius 2 is 1.78 bits per heavy atom. The molecule has 2 N–H and O–H groups in total. The van der Waals surface area contributed by atoms with E-state index in [1.807, 2.05) is 29.8 Å². The molecule has 242 valence electrons. The van der Waals surface area contributed by atoms with Gasteiger partial charge in [0.25, 0.3) is 11.1 Å². The van der Waals surface area contributed by atoms with Crippen LogP contribution in [0.3, 0.4) is 0 Å². The highest BCUT2D eigenvalue weighted by molar-refractivity contribution is 7.11. The molecule has 14 heteroatoms. The van der Waals surface area contributed by atoms with Crippen LogP contribution in [0.1, 0.15) is 48.2 Å². The molecule has 0 unspecified atom stereocenters. The fraction of sp³-hybridized carbons (Fsp3) is 0.452. The Hall–Kier alpha value is -4.01. The van der Waals surface area contributed by atoms with Gasteiger partial charge in [0.2, 0.25) is 17.7 Å². The van der Waals surface area contributed by atoms with E-state index in [4.69, 9.17) is 18.9 Å². The van der Waals surface area contributed by atoms with Gasteiger partial charge in [-0.2, -0.15) is 15.0 Å². The van der Waals surface area contributed by atoms with Gasteiger partial charge in [0.1, 0.15) is 24.0 Å². The van der Waals surface area contributed by atoms with E-state index in [2.05, 4.69) is 77.0 Å². The second kappa shape index (κ2) is 14.4. The first kappa shape index (κ1) is 33.9. The number of benzene rings is 1. The lowest BCUT2D eigenvalue weighted by Crippen LogP contribution is -2.22. The first-order valence-corrected chi connectivity index (χ1v) is 19.2. The summed E-state index contributed by atoms with van der Waals surface area (Å²) in [5.74, 6) is 1.45. The normalized spacial score (nSPS) is 11.8. The number of aromatic nitrogens is 5. The molecule has 0 spiro atoms. The lowest BCUT2D eigenvalue weighted by Gasteiger charge is -2.20. The number of thiazole rings is 1. The third-order valence-corrected chi connectivity index (χ3v) is 9.29. The second-order valence-electron chi connectivity index (χ2n) is 12.7. The minimum absolute atomic E-state index is 0.0328. The quantitative estimate of drug-likeness (QED) is 0.112. The molecule has 0 fully saturated rings. The number of methoxy groups -OCH3 is 2. The lowest BCUT2D eigenvalue weighted by atomic mass is 9.86. The Labute approximate surface area is 269 Å². The van der Waals surface area contributed by atoms with Crippen molar-refractivity contribution in [1.29, 1.82) is 0 Å². The summed E-state index contributed by atoms with van der Waals surface area (Å²) in [5.41, 5.74) is 2.43. The Morgan fingerprint density at radius 3 is 2.42 bits per heavy atom. The van der Waals surface area contributed by atoms with E-state index in [-0.39, 0.29) is 34.5 Å². The predicted molar refractivity (Wildman–Crippen MR) is 179 cm³/mol. The molecule has 1 amide bonds. The van der Waals surface area contributed by atoms with Crippen molar-refractivity contribution in [1.82, 2.24) is 24.5 Å². The number of amides is 1. The number of ether oxygens (including phenoxy) is 4. The Kier molecular flexibility index (Phi) is 10.8. The molecule has 0 radical (unpaired) electrons. The van der Waals surface area contributed by atoms with Crippen LogP contribution in [0.5, 0.6) is 22.7 Å². The highest BCUT2D eigenvalue weighted by Gasteiger charge is 2.22. The summed E-state index contributed by atoms with van der Waals surface area (Å²) in [7, 11) is 1.74. The standard InChI is InChI=1S/C31H43N7O5SSi/c1-20-10-11-21(31(2,3)4)16-23(20)43-30-34-22(18-44-30)26(39)35-25-27(40-5)36-29(37-28(25)41-6)33-17-24-32-12-13-38(24)19-42-14-15-45(7,8)9/h10-13,16,18H,14-15,17,19H2,1-9H3,(H,35,39)(H,33,36,37). The van der Waals surface area contributed by atoms with Crippen molar-refractivity contribution in [3.8, 4) is 22.7 Å². The molecule has 3 aromatic heterocycles. The molecule has 3 heterocycles. The van der Waals surface area contributed by atoms with Crippen LogP contribution in [0, 0.1) is 6.92 Å². The number of nitrogens with one attached hydrogen (secondary N) is 2. The Morgan fingerprint density at radius 1 is 1.07 bits per heavy atom. The van der Waals surface area contributed by atoms with E-state index >= 15 is 0 Å². The molecule has 12 nitrogen and oxygen atoms in total. The second-order valence-corrected chi connectivity index (χ2v) is 19.2. The summed E-state index contributed by atoms with van der Waals surface area (Å²) in [5, 5.41) is 7.91. The molecule has 4 aromatic rings. The minimum atomic E-state index is -1.16. The summed E-state index contributed by atoms with van der Waals surface area (Å²) in [6, 6.07) is 7.21. The zero-order chi connectivity index (χ0) is 32.8. The van der Waals surface area contributed by atoms with Gasteiger partial charge in [-0.1, -0.05) is 63.9 Å². The van der Waals surface area contributed by atoms with Crippen molar-refractivity contribution >= 4 is 37.0 Å². The molecule has 0 aliphatic rings. The van der Waals surface area contributed by atoms with Gasteiger partial charge >= 0.3 is 0 Å². The van der Waals surface area contributed by atoms with Gasteiger partial charge in [0.15, 0.2) is 5.69 Å². The summed E-state index contributed by atoms with van der Waals surface area (Å²) >= 11 is 1.23. The molecule has 0 aliphatic carbocycles. The summed E-state index contributed by atoms with van der Waals surface area (Å²) in [4.78, 5) is 30.9. The van der Waals surface area contributed by atoms with Crippen LogP contribution in [0.25, 0.3) is 0 Å². The van der Waals surface area contributed by atoms with Crippen LogP contribution in [-0.2, 0) is 23.4 Å². The molecule has 0 saturated heterocycles. The molecule has 1 aromatic carbocycles. The van der Waals surface area contributed by atoms with Crippen molar-refractivity contribution in [3.05, 3.63) is 58.6 Å². The highest BCUT2D eigenvalue weighted by atomic mass is 32.1.